The van der Waals surface area contributed by atoms with Crippen LogP contribution < -0.4 is 0 Å². The van der Waals surface area contributed by atoms with E-state index in [4.69, 9.17) is 14.2 Å². The maximum absolute atomic E-state index is 12.9. The van der Waals surface area contributed by atoms with Crippen molar-refractivity contribution in [2.75, 3.05) is 28.4 Å². The highest BCUT2D eigenvalue weighted by molar-refractivity contribution is 6.21. The van der Waals surface area contributed by atoms with Crippen molar-refractivity contribution in [3.63, 3.8) is 0 Å². The van der Waals surface area contributed by atoms with Crippen molar-refractivity contribution in [3.05, 3.63) is 76.9 Å². The molecule has 0 unspecified atom stereocenters. The van der Waals surface area contributed by atoms with Gasteiger partial charge in [-0.1, -0.05) is 48.5 Å². The van der Waals surface area contributed by atoms with Gasteiger partial charge in [0.25, 0.3) is 0 Å². The molecule has 0 aliphatic carbocycles. The first kappa shape index (κ1) is 24.3. The Hall–Kier alpha value is -3.94. The highest BCUT2D eigenvalue weighted by Crippen LogP contribution is 2.34. The Morgan fingerprint density at radius 2 is 1.41 bits per heavy atom. The normalized spacial score (nSPS) is 11.8. The molecular weight excluding hydrogens is 416 g/mol. The number of esters is 4. The second-order valence-electron chi connectivity index (χ2n) is 6.57. The molecule has 2 rings (SSSR count). The molecule has 1 atom stereocenters. The smallest absolute Gasteiger partial charge is 0.338 e. The van der Waals surface area contributed by atoms with Crippen molar-refractivity contribution in [1.82, 2.24) is 0 Å². The topological polar surface area (TPSA) is 105 Å². The van der Waals surface area contributed by atoms with Crippen LogP contribution in [0.2, 0.25) is 0 Å². The zero-order chi connectivity index (χ0) is 23.7. The Morgan fingerprint density at radius 3 is 2.00 bits per heavy atom. The molecule has 0 bridgehead atoms. The van der Waals surface area contributed by atoms with Crippen LogP contribution in [0.5, 0.6) is 0 Å². The molecular formula is C24H24O8. The van der Waals surface area contributed by atoms with Crippen LogP contribution in [0, 0.1) is 0 Å². The predicted octanol–water partition coefficient (Wildman–Crippen LogP) is 2.44. The van der Waals surface area contributed by atoms with Crippen LogP contribution >= 0.6 is 0 Å². The van der Waals surface area contributed by atoms with E-state index in [1.54, 1.807) is 48.5 Å². The Kier molecular flexibility index (Phi) is 8.71. The maximum Gasteiger partial charge on any atom is 0.338 e. The van der Waals surface area contributed by atoms with Gasteiger partial charge in [-0.25, -0.2) is 9.59 Å². The van der Waals surface area contributed by atoms with E-state index in [0.717, 1.165) is 6.08 Å². The number of hydrogen-bond donors (Lipinski definition) is 0. The average molecular weight is 440 g/mol. The third-order valence-corrected chi connectivity index (χ3v) is 4.80. The molecule has 0 heterocycles. The molecule has 0 radical (unpaired) electrons. The molecule has 0 fully saturated rings. The van der Waals surface area contributed by atoms with Crippen LogP contribution in [0.15, 0.2) is 54.6 Å². The highest BCUT2D eigenvalue weighted by atomic mass is 16.5. The predicted molar refractivity (Wildman–Crippen MR) is 114 cm³/mol. The van der Waals surface area contributed by atoms with Crippen LogP contribution in [0.25, 0.3) is 5.57 Å². The summed E-state index contributed by atoms with van der Waals surface area (Å²) in [6, 6.07) is 13.4. The summed E-state index contributed by atoms with van der Waals surface area (Å²) in [7, 11) is 4.88. The van der Waals surface area contributed by atoms with E-state index in [0.29, 0.717) is 16.7 Å². The van der Waals surface area contributed by atoms with Crippen molar-refractivity contribution in [3.8, 4) is 0 Å². The summed E-state index contributed by atoms with van der Waals surface area (Å²) >= 11 is 0. The summed E-state index contributed by atoms with van der Waals surface area (Å²) in [5.41, 5.74) is 1.64. The number of benzene rings is 2. The van der Waals surface area contributed by atoms with Crippen molar-refractivity contribution >= 4 is 29.5 Å². The molecule has 0 spiro atoms. The Bertz CT molecular complexity index is 1040. The van der Waals surface area contributed by atoms with E-state index >= 15 is 0 Å². The van der Waals surface area contributed by atoms with Gasteiger partial charge in [-0.15, -0.1) is 0 Å². The van der Waals surface area contributed by atoms with Gasteiger partial charge in [0.15, 0.2) is 0 Å². The van der Waals surface area contributed by atoms with Crippen LogP contribution in [0.1, 0.15) is 28.2 Å². The van der Waals surface area contributed by atoms with Gasteiger partial charge in [-0.2, -0.15) is 0 Å². The fourth-order valence-electron chi connectivity index (χ4n) is 3.27. The van der Waals surface area contributed by atoms with Crippen LogP contribution in [0.4, 0.5) is 0 Å². The zero-order valence-corrected chi connectivity index (χ0v) is 18.2. The molecule has 0 aliphatic heterocycles. The number of hydrogen-bond acceptors (Lipinski definition) is 8. The summed E-state index contributed by atoms with van der Waals surface area (Å²) in [4.78, 5) is 49.3. The quantitative estimate of drug-likeness (QED) is 0.350. The first-order chi connectivity index (χ1) is 15.4. The fraction of sp³-hybridized carbons (Fsp3) is 0.250. The van der Waals surface area contributed by atoms with Gasteiger partial charge < -0.3 is 18.9 Å². The standard InChI is InChI=1S/C24H24O8/c1-29-20(25)13-15-9-5-6-10-16(15)22(24(28)32-4)18-12-8-7-11-17(18)19(23(27)31-3)14-21(26)30-2/h5-12,14,22H,13H2,1-4H3/b19-14-/t22-/m1/s1. The summed E-state index contributed by atoms with van der Waals surface area (Å²) < 4.78 is 19.3. The molecule has 2 aromatic rings. The van der Waals surface area contributed by atoms with E-state index in [9.17, 15) is 19.2 Å². The lowest BCUT2D eigenvalue weighted by atomic mass is 9.83. The Labute approximate surface area is 185 Å². The monoisotopic (exact) mass is 440 g/mol. The van der Waals surface area contributed by atoms with Crippen molar-refractivity contribution < 1.29 is 38.1 Å². The van der Waals surface area contributed by atoms with Crippen molar-refractivity contribution in [2.24, 2.45) is 0 Å². The molecule has 168 valence electrons. The first-order valence-corrected chi connectivity index (χ1v) is 9.57. The number of methoxy groups -OCH3 is 4. The molecule has 0 saturated heterocycles. The lowest BCUT2D eigenvalue weighted by Gasteiger charge is -2.22. The Balaban J connectivity index is 2.77. The largest absolute Gasteiger partial charge is 0.469 e. The summed E-state index contributed by atoms with van der Waals surface area (Å²) in [5, 5.41) is 0. The molecule has 0 aromatic heterocycles. The molecule has 0 saturated carbocycles. The van der Waals surface area contributed by atoms with E-state index in [2.05, 4.69) is 4.74 Å². The second kappa shape index (κ2) is 11.5. The van der Waals surface area contributed by atoms with Crippen LogP contribution in [0.3, 0.4) is 0 Å². The zero-order valence-electron chi connectivity index (χ0n) is 18.2. The minimum atomic E-state index is -0.997. The van der Waals surface area contributed by atoms with E-state index < -0.39 is 29.8 Å². The van der Waals surface area contributed by atoms with Crippen molar-refractivity contribution in [2.45, 2.75) is 12.3 Å². The number of carbonyl (C=O) groups excluding carboxylic acids is 4. The summed E-state index contributed by atoms with van der Waals surface area (Å²) in [5.74, 6) is -3.63. The van der Waals surface area contributed by atoms with E-state index in [-0.39, 0.29) is 17.6 Å². The SMILES string of the molecule is COC(=O)/C=C(\C(=O)OC)c1ccccc1[C@H](C(=O)OC)c1ccccc1CC(=O)OC. The molecule has 2 aromatic carbocycles. The van der Waals surface area contributed by atoms with Gasteiger partial charge >= 0.3 is 23.9 Å². The van der Waals surface area contributed by atoms with Crippen LogP contribution in [-0.2, 0) is 44.5 Å². The van der Waals surface area contributed by atoms with Gasteiger partial charge in [0.2, 0.25) is 0 Å². The minimum Gasteiger partial charge on any atom is -0.469 e. The summed E-state index contributed by atoms with van der Waals surface area (Å²) in [6.45, 7) is 0. The van der Waals surface area contributed by atoms with Gasteiger partial charge in [0, 0.05) is 6.08 Å². The minimum absolute atomic E-state index is 0.0653. The third-order valence-electron chi connectivity index (χ3n) is 4.80. The molecule has 32 heavy (non-hydrogen) atoms. The van der Waals surface area contributed by atoms with Gasteiger partial charge in [-0.05, 0) is 22.3 Å². The molecule has 8 heteroatoms. The second-order valence-corrected chi connectivity index (χ2v) is 6.57. The van der Waals surface area contributed by atoms with Crippen molar-refractivity contribution in [1.29, 1.82) is 0 Å². The van der Waals surface area contributed by atoms with E-state index in [1.165, 1.54) is 28.4 Å². The maximum atomic E-state index is 12.9. The average Bonchev–Trinajstić information content (AvgIpc) is 2.83. The highest BCUT2D eigenvalue weighted by Gasteiger charge is 2.31. The van der Waals surface area contributed by atoms with E-state index in [1.807, 2.05) is 0 Å². The lowest BCUT2D eigenvalue weighted by Crippen LogP contribution is -2.21. The molecule has 8 nitrogen and oxygen atoms in total. The van der Waals surface area contributed by atoms with Gasteiger partial charge in [-0.3, -0.25) is 9.59 Å². The molecule has 0 amide bonds. The fourth-order valence-corrected chi connectivity index (χ4v) is 3.27. The first-order valence-electron chi connectivity index (χ1n) is 9.57. The van der Waals surface area contributed by atoms with Gasteiger partial charge in [0.05, 0.1) is 40.4 Å². The molecule has 0 aliphatic rings. The summed E-state index contributed by atoms with van der Waals surface area (Å²) in [6.07, 6.45) is 0.934. The third kappa shape index (κ3) is 5.60. The lowest BCUT2D eigenvalue weighted by molar-refractivity contribution is -0.142. The number of ether oxygens (including phenoxy) is 4. The van der Waals surface area contributed by atoms with Gasteiger partial charge in [0.1, 0.15) is 5.92 Å². The van der Waals surface area contributed by atoms with Crippen LogP contribution in [-0.4, -0.2) is 52.3 Å². The molecule has 0 N–H and O–H groups in total. The number of rotatable bonds is 8. The number of carbonyl (C=O) groups is 4. The Morgan fingerprint density at radius 1 is 0.781 bits per heavy atom.